The molecule has 138 valence electrons. The molecule has 0 aliphatic carbocycles. The van der Waals surface area contributed by atoms with Crippen molar-refractivity contribution in [2.75, 3.05) is 28.8 Å². The largest absolute Gasteiger partial charge is 0.356 e. The monoisotopic (exact) mass is 373 g/mol. The Morgan fingerprint density at radius 2 is 2.04 bits per heavy atom. The molecule has 1 aromatic heterocycles. The maximum Gasteiger partial charge on any atom is 0.255 e. The van der Waals surface area contributed by atoms with Crippen LogP contribution >= 0.6 is 0 Å². The molecule has 0 bridgehead atoms. The van der Waals surface area contributed by atoms with Crippen molar-refractivity contribution in [1.82, 2.24) is 4.98 Å². The average Bonchev–Trinajstić information content (AvgIpc) is 2.98. The first-order valence-corrected chi connectivity index (χ1v) is 10.4. The third-order valence-corrected chi connectivity index (χ3v) is 6.73. The zero-order valence-corrected chi connectivity index (χ0v) is 16.0. The summed E-state index contributed by atoms with van der Waals surface area (Å²) in [6.45, 7) is 3.97. The number of nitrogens with zero attached hydrogens (tertiary/aromatic N) is 2. The summed E-state index contributed by atoms with van der Waals surface area (Å²) >= 11 is 0. The number of pyridine rings is 1. The molecule has 1 aromatic carbocycles. The van der Waals surface area contributed by atoms with Gasteiger partial charge in [-0.1, -0.05) is 12.1 Å². The first-order valence-electron chi connectivity index (χ1n) is 8.54. The number of rotatable bonds is 4. The molecule has 1 saturated heterocycles. The fourth-order valence-corrected chi connectivity index (χ4v) is 4.88. The average molecular weight is 373 g/mol. The van der Waals surface area contributed by atoms with Crippen molar-refractivity contribution in [3.05, 3.63) is 53.2 Å². The number of nitrogens with one attached hydrogen (secondary N) is 1. The number of carbonyl (C=O) groups is 1. The summed E-state index contributed by atoms with van der Waals surface area (Å²) in [6, 6.07) is 9.03. The van der Waals surface area contributed by atoms with E-state index in [0.29, 0.717) is 17.8 Å². The van der Waals surface area contributed by atoms with Crippen molar-refractivity contribution in [3.63, 3.8) is 0 Å². The molecule has 3 rings (SSSR count). The first-order chi connectivity index (χ1) is 12.3. The molecule has 1 fully saturated rings. The molecule has 6 nitrogen and oxygen atoms in total. The van der Waals surface area contributed by atoms with Crippen LogP contribution in [0.15, 0.2) is 36.5 Å². The van der Waals surface area contributed by atoms with E-state index in [1.165, 1.54) is 0 Å². The van der Waals surface area contributed by atoms with Gasteiger partial charge in [-0.15, -0.1) is 0 Å². The lowest BCUT2D eigenvalue weighted by molar-refractivity contribution is 0.102. The maximum absolute atomic E-state index is 12.6. The van der Waals surface area contributed by atoms with E-state index in [0.717, 1.165) is 16.8 Å². The second kappa shape index (κ2) is 7.07. The molecular formula is C19H23N3O3S. The molecule has 1 aliphatic heterocycles. The summed E-state index contributed by atoms with van der Waals surface area (Å²) < 4.78 is 23.4. The number of aromatic nitrogens is 1. The van der Waals surface area contributed by atoms with Crippen LogP contribution in [0.4, 0.5) is 11.5 Å². The van der Waals surface area contributed by atoms with E-state index in [9.17, 15) is 13.2 Å². The number of carbonyl (C=O) groups excluding carboxylic acids is 1. The molecule has 2 aromatic rings. The first kappa shape index (κ1) is 18.4. The van der Waals surface area contributed by atoms with Gasteiger partial charge in [-0.05, 0) is 49.6 Å². The van der Waals surface area contributed by atoms with Crippen molar-refractivity contribution in [2.24, 2.45) is 0 Å². The Kier molecular flexibility index (Phi) is 5.00. The van der Waals surface area contributed by atoms with Gasteiger partial charge in [0.1, 0.15) is 5.82 Å². The zero-order chi connectivity index (χ0) is 18.9. The summed E-state index contributed by atoms with van der Waals surface area (Å²) in [6.07, 6.45) is 2.16. The third-order valence-electron chi connectivity index (χ3n) is 4.98. The van der Waals surface area contributed by atoms with Crippen molar-refractivity contribution in [3.8, 4) is 0 Å². The second-order valence-corrected chi connectivity index (χ2v) is 9.00. The van der Waals surface area contributed by atoms with Gasteiger partial charge in [0.15, 0.2) is 9.84 Å². The Labute approximate surface area is 154 Å². The predicted molar refractivity (Wildman–Crippen MR) is 104 cm³/mol. The smallest absolute Gasteiger partial charge is 0.255 e. The van der Waals surface area contributed by atoms with Crippen molar-refractivity contribution < 1.29 is 13.2 Å². The zero-order valence-electron chi connectivity index (χ0n) is 15.2. The molecule has 1 N–H and O–H groups in total. The van der Waals surface area contributed by atoms with Crippen LogP contribution in [-0.4, -0.2) is 43.9 Å². The van der Waals surface area contributed by atoms with Gasteiger partial charge in [0, 0.05) is 30.5 Å². The van der Waals surface area contributed by atoms with Crippen LogP contribution < -0.4 is 10.2 Å². The van der Waals surface area contributed by atoms with Crippen LogP contribution in [0.2, 0.25) is 0 Å². The summed E-state index contributed by atoms with van der Waals surface area (Å²) in [7, 11) is -1.15. The third kappa shape index (κ3) is 3.88. The van der Waals surface area contributed by atoms with Crippen LogP contribution in [0.3, 0.4) is 0 Å². The highest BCUT2D eigenvalue weighted by Crippen LogP contribution is 2.23. The van der Waals surface area contributed by atoms with Gasteiger partial charge in [-0.2, -0.15) is 0 Å². The molecule has 7 heteroatoms. The van der Waals surface area contributed by atoms with E-state index >= 15 is 0 Å². The van der Waals surface area contributed by atoms with Crippen LogP contribution in [0, 0.1) is 13.8 Å². The minimum atomic E-state index is -2.97. The van der Waals surface area contributed by atoms with Gasteiger partial charge in [0.2, 0.25) is 0 Å². The van der Waals surface area contributed by atoms with E-state index in [1.807, 2.05) is 44.0 Å². The highest BCUT2D eigenvalue weighted by atomic mass is 32.2. The van der Waals surface area contributed by atoms with Gasteiger partial charge in [-0.25, -0.2) is 13.4 Å². The molecule has 1 amide bonds. The highest BCUT2D eigenvalue weighted by Gasteiger charge is 2.31. The van der Waals surface area contributed by atoms with Gasteiger partial charge >= 0.3 is 0 Å². The van der Waals surface area contributed by atoms with Crippen LogP contribution in [-0.2, 0) is 9.84 Å². The molecule has 1 unspecified atom stereocenters. The van der Waals surface area contributed by atoms with Gasteiger partial charge < -0.3 is 10.2 Å². The molecule has 2 heterocycles. The van der Waals surface area contributed by atoms with E-state index in [1.54, 1.807) is 18.3 Å². The number of aryl methyl sites for hydroxylation is 1. The number of hydrogen-bond donors (Lipinski definition) is 1. The molecule has 0 spiro atoms. The van der Waals surface area contributed by atoms with E-state index in [-0.39, 0.29) is 23.5 Å². The molecule has 0 saturated carbocycles. The minimum absolute atomic E-state index is 0.107. The Balaban J connectivity index is 1.78. The van der Waals surface area contributed by atoms with Gasteiger partial charge in [-0.3, -0.25) is 4.79 Å². The number of anilines is 2. The number of hydrogen-bond acceptors (Lipinski definition) is 5. The molecule has 26 heavy (non-hydrogen) atoms. The van der Waals surface area contributed by atoms with Gasteiger partial charge in [0.05, 0.1) is 11.5 Å². The van der Waals surface area contributed by atoms with E-state index in [4.69, 9.17) is 0 Å². The SMILES string of the molecule is Cc1cccc(NC(=O)c2ccnc(N(C)C3CCS(=O)(=O)C3)c2)c1C. The predicted octanol–water partition coefficient (Wildman–Crippen LogP) is 2.57. The molecular weight excluding hydrogens is 350 g/mol. The summed E-state index contributed by atoms with van der Waals surface area (Å²) in [5, 5.41) is 2.93. The second-order valence-electron chi connectivity index (χ2n) is 6.77. The molecule has 1 aliphatic rings. The molecule has 0 radical (unpaired) electrons. The highest BCUT2D eigenvalue weighted by molar-refractivity contribution is 7.91. The normalized spacial score (nSPS) is 18.5. The van der Waals surface area contributed by atoms with Crippen LogP contribution in [0.1, 0.15) is 27.9 Å². The standard InChI is InChI=1S/C19H23N3O3S/c1-13-5-4-6-17(14(13)2)21-19(23)15-7-9-20-18(11-15)22(3)16-8-10-26(24,25)12-16/h4-7,9,11,16H,8,10,12H2,1-3H3,(H,21,23). The Bertz CT molecular complexity index is 941. The van der Waals surface area contributed by atoms with Gasteiger partial charge in [0.25, 0.3) is 5.91 Å². The Morgan fingerprint density at radius 3 is 2.73 bits per heavy atom. The fraction of sp³-hybridized carbons (Fsp3) is 0.368. The Hall–Kier alpha value is -2.41. The summed E-state index contributed by atoms with van der Waals surface area (Å²) in [5.74, 6) is 0.717. The van der Waals surface area contributed by atoms with Crippen molar-refractivity contribution in [1.29, 1.82) is 0 Å². The van der Waals surface area contributed by atoms with Crippen molar-refractivity contribution >= 4 is 27.2 Å². The van der Waals surface area contributed by atoms with Crippen molar-refractivity contribution in [2.45, 2.75) is 26.3 Å². The van der Waals surface area contributed by atoms with Crippen LogP contribution in [0.25, 0.3) is 0 Å². The van der Waals surface area contributed by atoms with E-state index < -0.39 is 9.84 Å². The Morgan fingerprint density at radius 1 is 1.27 bits per heavy atom. The lowest BCUT2D eigenvalue weighted by Crippen LogP contribution is -2.33. The fourth-order valence-electron chi connectivity index (χ4n) is 3.10. The maximum atomic E-state index is 12.6. The molecule has 1 atom stereocenters. The minimum Gasteiger partial charge on any atom is -0.356 e. The topological polar surface area (TPSA) is 79.4 Å². The van der Waals surface area contributed by atoms with Crippen LogP contribution in [0.5, 0.6) is 0 Å². The number of benzene rings is 1. The van der Waals surface area contributed by atoms with E-state index in [2.05, 4.69) is 10.3 Å². The number of amides is 1. The quantitative estimate of drug-likeness (QED) is 0.891. The lowest BCUT2D eigenvalue weighted by atomic mass is 10.1. The lowest BCUT2D eigenvalue weighted by Gasteiger charge is -2.24. The number of sulfone groups is 1. The summed E-state index contributed by atoms with van der Waals surface area (Å²) in [4.78, 5) is 18.8. The summed E-state index contributed by atoms with van der Waals surface area (Å²) in [5.41, 5.74) is 3.41.